The van der Waals surface area contributed by atoms with Crippen LogP contribution in [0.1, 0.15) is 47.7 Å². The van der Waals surface area contributed by atoms with Crippen molar-refractivity contribution < 1.29 is 14.7 Å². The van der Waals surface area contributed by atoms with Crippen LogP contribution in [0, 0.1) is 5.92 Å². The first-order valence-corrected chi connectivity index (χ1v) is 7.55. The molecule has 6 nitrogen and oxygen atoms in total. The predicted molar refractivity (Wildman–Crippen MR) is 76.0 cm³/mol. The fraction of sp³-hybridized carbons (Fsp3) is 0.615. The minimum absolute atomic E-state index is 0.0221. The second kappa shape index (κ2) is 6.21. The molecule has 2 rings (SSSR count). The Morgan fingerprint density at radius 2 is 2.30 bits per heavy atom. The molecule has 0 aliphatic heterocycles. The first-order valence-electron chi connectivity index (χ1n) is 6.67. The Bertz CT molecular complexity index is 499. The predicted octanol–water partition coefficient (Wildman–Crippen LogP) is 2.34. The molecule has 1 atom stereocenters. The van der Waals surface area contributed by atoms with E-state index in [1.54, 1.807) is 18.9 Å². The Labute approximate surface area is 121 Å². The molecule has 2 amide bonds. The highest BCUT2D eigenvalue weighted by atomic mass is 32.1. The summed E-state index contributed by atoms with van der Waals surface area (Å²) >= 11 is 1.24. The lowest BCUT2D eigenvalue weighted by Gasteiger charge is -2.30. The van der Waals surface area contributed by atoms with Gasteiger partial charge in [0.2, 0.25) is 0 Å². The molecule has 7 heteroatoms. The summed E-state index contributed by atoms with van der Waals surface area (Å²) in [5, 5.41) is 13.8. The second-order valence-electron chi connectivity index (χ2n) is 5.22. The van der Waals surface area contributed by atoms with Gasteiger partial charge in [-0.3, -0.25) is 0 Å². The molecule has 1 heterocycles. The minimum Gasteiger partial charge on any atom is -0.476 e. The molecule has 0 spiro atoms. The summed E-state index contributed by atoms with van der Waals surface area (Å²) in [5.41, 5.74) is 0.0221. The molecule has 0 bridgehead atoms. The van der Waals surface area contributed by atoms with Crippen LogP contribution in [-0.2, 0) is 0 Å². The van der Waals surface area contributed by atoms with E-state index >= 15 is 0 Å². The Hall–Kier alpha value is -1.63. The van der Waals surface area contributed by atoms with Gasteiger partial charge in [0.25, 0.3) is 0 Å². The van der Waals surface area contributed by atoms with E-state index in [4.69, 9.17) is 5.11 Å². The van der Waals surface area contributed by atoms with Gasteiger partial charge >= 0.3 is 12.0 Å². The van der Waals surface area contributed by atoms with E-state index in [1.807, 2.05) is 0 Å². The van der Waals surface area contributed by atoms with Crippen molar-refractivity contribution in [3.8, 4) is 0 Å². The maximum absolute atomic E-state index is 12.0. The fourth-order valence-electron chi connectivity index (χ4n) is 2.09. The van der Waals surface area contributed by atoms with E-state index in [2.05, 4.69) is 10.3 Å². The van der Waals surface area contributed by atoms with Gasteiger partial charge in [0.05, 0.1) is 6.04 Å². The van der Waals surface area contributed by atoms with Crippen molar-refractivity contribution >= 4 is 23.3 Å². The Morgan fingerprint density at radius 1 is 1.60 bits per heavy atom. The van der Waals surface area contributed by atoms with Crippen molar-refractivity contribution in [3.05, 3.63) is 16.1 Å². The second-order valence-corrected chi connectivity index (χ2v) is 6.11. The normalized spacial score (nSPS) is 16.3. The number of carboxylic acids is 1. The van der Waals surface area contributed by atoms with Crippen LogP contribution in [0.5, 0.6) is 0 Å². The zero-order valence-corrected chi connectivity index (χ0v) is 12.4. The number of amides is 2. The van der Waals surface area contributed by atoms with Crippen molar-refractivity contribution in [2.45, 2.75) is 32.2 Å². The summed E-state index contributed by atoms with van der Waals surface area (Å²) in [6.07, 6.45) is 3.65. The summed E-state index contributed by atoms with van der Waals surface area (Å²) in [5.74, 6) is -0.423. The number of hydrogen-bond donors (Lipinski definition) is 2. The lowest BCUT2D eigenvalue weighted by atomic mass is 9.85. The highest BCUT2D eigenvalue weighted by Crippen LogP contribution is 2.26. The molecule has 1 aromatic rings. The largest absolute Gasteiger partial charge is 0.476 e. The van der Waals surface area contributed by atoms with Crippen LogP contribution in [0.15, 0.2) is 5.38 Å². The van der Waals surface area contributed by atoms with Crippen LogP contribution in [0.2, 0.25) is 0 Å². The van der Waals surface area contributed by atoms with Gasteiger partial charge in [-0.05, 0) is 25.7 Å². The van der Waals surface area contributed by atoms with Crippen molar-refractivity contribution in [1.82, 2.24) is 15.2 Å². The molecule has 0 radical (unpaired) electrons. The molecule has 1 saturated carbocycles. The first-order chi connectivity index (χ1) is 9.47. The van der Waals surface area contributed by atoms with Crippen molar-refractivity contribution in [2.75, 3.05) is 13.6 Å². The molecule has 1 aliphatic carbocycles. The molecule has 0 saturated heterocycles. The molecule has 0 aromatic carbocycles. The summed E-state index contributed by atoms with van der Waals surface area (Å²) < 4.78 is 0. The summed E-state index contributed by atoms with van der Waals surface area (Å²) in [6.45, 7) is 2.58. The highest BCUT2D eigenvalue weighted by molar-refractivity contribution is 7.09. The molecule has 2 N–H and O–H groups in total. The number of thiazole rings is 1. The van der Waals surface area contributed by atoms with Crippen LogP contribution < -0.4 is 5.32 Å². The number of aromatic carboxylic acids is 1. The van der Waals surface area contributed by atoms with E-state index in [-0.39, 0.29) is 17.8 Å². The van der Waals surface area contributed by atoms with E-state index in [0.29, 0.717) is 10.9 Å². The minimum atomic E-state index is -1.05. The molecule has 110 valence electrons. The van der Waals surface area contributed by atoms with E-state index in [9.17, 15) is 9.59 Å². The van der Waals surface area contributed by atoms with Crippen molar-refractivity contribution in [1.29, 1.82) is 0 Å². The molecule has 1 unspecified atom stereocenters. The standard InChI is InChI=1S/C13H19N3O3S/c1-8(11-15-10(7-20-11)12(17)18)14-13(19)16(2)6-9-4-3-5-9/h7-9H,3-6H2,1-2H3,(H,14,19)(H,17,18). The molecule has 20 heavy (non-hydrogen) atoms. The number of carbonyl (C=O) groups excluding carboxylic acids is 1. The average Bonchev–Trinajstić information content (AvgIpc) is 2.83. The molecular weight excluding hydrogens is 278 g/mol. The Morgan fingerprint density at radius 3 is 2.80 bits per heavy atom. The SMILES string of the molecule is CC(NC(=O)N(C)CC1CCC1)c1nc(C(=O)O)cs1. The van der Waals surface area contributed by atoms with Crippen LogP contribution in [-0.4, -0.2) is 40.6 Å². The summed E-state index contributed by atoms with van der Waals surface area (Å²) in [7, 11) is 1.78. The van der Waals surface area contributed by atoms with Gasteiger partial charge < -0.3 is 15.3 Å². The third-order valence-corrected chi connectivity index (χ3v) is 4.58. The van der Waals surface area contributed by atoms with Crippen LogP contribution >= 0.6 is 11.3 Å². The Balaban J connectivity index is 1.87. The molecule has 1 aromatic heterocycles. The number of hydrogen-bond acceptors (Lipinski definition) is 4. The van der Waals surface area contributed by atoms with Crippen LogP contribution in [0.25, 0.3) is 0 Å². The van der Waals surface area contributed by atoms with Gasteiger partial charge in [0.15, 0.2) is 5.69 Å². The number of nitrogens with one attached hydrogen (secondary N) is 1. The third-order valence-electron chi connectivity index (χ3n) is 3.55. The highest BCUT2D eigenvalue weighted by Gasteiger charge is 2.23. The number of carboxylic acid groups (broad SMARTS) is 1. The van der Waals surface area contributed by atoms with Gasteiger partial charge in [0, 0.05) is 19.0 Å². The number of urea groups is 1. The summed E-state index contributed by atoms with van der Waals surface area (Å²) in [6, 6.07) is -0.430. The first kappa shape index (κ1) is 14.8. The van der Waals surface area contributed by atoms with Gasteiger partial charge in [-0.1, -0.05) is 6.42 Å². The van der Waals surface area contributed by atoms with Crippen molar-refractivity contribution in [2.24, 2.45) is 5.92 Å². The smallest absolute Gasteiger partial charge is 0.355 e. The van der Waals surface area contributed by atoms with Gasteiger partial charge in [-0.25, -0.2) is 14.6 Å². The number of aromatic nitrogens is 1. The quantitative estimate of drug-likeness (QED) is 0.874. The van der Waals surface area contributed by atoms with Gasteiger partial charge in [-0.2, -0.15) is 0 Å². The maximum atomic E-state index is 12.0. The van der Waals surface area contributed by atoms with Gasteiger partial charge in [-0.15, -0.1) is 11.3 Å². The van der Waals surface area contributed by atoms with Crippen LogP contribution in [0.4, 0.5) is 4.79 Å². The third kappa shape index (κ3) is 3.47. The summed E-state index contributed by atoms with van der Waals surface area (Å²) in [4.78, 5) is 28.5. The number of nitrogens with zero attached hydrogens (tertiary/aromatic N) is 2. The monoisotopic (exact) mass is 297 g/mol. The van der Waals surface area contributed by atoms with Crippen LogP contribution in [0.3, 0.4) is 0 Å². The molecular formula is C13H19N3O3S. The maximum Gasteiger partial charge on any atom is 0.355 e. The topological polar surface area (TPSA) is 82.5 Å². The number of rotatable bonds is 5. The lowest BCUT2D eigenvalue weighted by Crippen LogP contribution is -2.42. The molecule has 1 fully saturated rings. The van der Waals surface area contributed by atoms with E-state index in [0.717, 1.165) is 6.54 Å². The lowest BCUT2D eigenvalue weighted by molar-refractivity contribution is 0.0691. The number of carbonyl (C=O) groups is 2. The van der Waals surface area contributed by atoms with Gasteiger partial charge in [0.1, 0.15) is 5.01 Å². The molecule has 1 aliphatic rings. The van der Waals surface area contributed by atoms with E-state index < -0.39 is 5.97 Å². The van der Waals surface area contributed by atoms with Crippen molar-refractivity contribution in [3.63, 3.8) is 0 Å². The zero-order valence-electron chi connectivity index (χ0n) is 11.6. The fourth-order valence-corrected chi connectivity index (χ4v) is 2.89. The Kier molecular flexibility index (Phi) is 4.59. The average molecular weight is 297 g/mol. The van der Waals surface area contributed by atoms with E-state index in [1.165, 1.54) is 36.0 Å². The zero-order chi connectivity index (χ0) is 14.7.